The van der Waals surface area contributed by atoms with Crippen molar-refractivity contribution >= 4 is 10.8 Å². The van der Waals surface area contributed by atoms with Crippen molar-refractivity contribution < 1.29 is 0 Å². The Morgan fingerprint density at radius 1 is 1.10 bits per heavy atom. The SMILES string of the molecule is O=c1[nH]c(C2CCCN(Cc3ccccn3)C2)nn1-c1cccc2cnccc12. The van der Waals surface area contributed by atoms with Crippen LogP contribution in [-0.2, 0) is 6.54 Å². The van der Waals surface area contributed by atoms with Crippen LogP contribution in [0.25, 0.3) is 16.5 Å². The summed E-state index contributed by atoms with van der Waals surface area (Å²) in [5, 5.41) is 6.63. The number of nitrogens with one attached hydrogen (secondary N) is 1. The van der Waals surface area contributed by atoms with Gasteiger partial charge >= 0.3 is 5.69 Å². The molecular formula is C22H22N6O. The van der Waals surface area contributed by atoms with Gasteiger partial charge in [0.25, 0.3) is 0 Å². The van der Waals surface area contributed by atoms with Crippen molar-refractivity contribution in [1.82, 2.24) is 29.6 Å². The topological polar surface area (TPSA) is 79.7 Å². The predicted molar refractivity (Wildman–Crippen MR) is 111 cm³/mol. The predicted octanol–water partition coefficient (Wildman–Crippen LogP) is 2.88. The van der Waals surface area contributed by atoms with Crippen molar-refractivity contribution in [3.63, 3.8) is 0 Å². The molecule has 0 aliphatic carbocycles. The molecule has 1 aliphatic rings. The molecule has 5 rings (SSSR count). The monoisotopic (exact) mass is 386 g/mol. The lowest BCUT2D eigenvalue weighted by Gasteiger charge is -2.31. The van der Waals surface area contributed by atoms with E-state index in [-0.39, 0.29) is 11.6 Å². The Balaban J connectivity index is 1.42. The van der Waals surface area contributed by atoms with Gasteiger partial charge in [-0.05, 0) is 43.7 Å². The molecule has 3 aromatic heterocycles. The van der Waals surface area contributed by atoms with Crippen LogP contribution in [0.5, 0.6) is 0 Å². The van der Waals surface area contributed by atoms with Crippen molar-refractivity contribution in [2.24, 2.45) is 0 Å². The van der Waals surface area contributed by atoms with Crippen LogP contribution in [0, 0.1) is 0 Å². The van der Waals surface area contributed by atoms with Gasteiger partial charge in [0.2, 0.25) is 0 Å². The fourth-order valence-corrected chi connectivity index (χ4v) is 4.12. The molecule has 0 bridgehead atoms. The smallest absolute Gasteiger partial charge is 0.297 e. The zero-order valence-corrected chi connectivity index (χ0v) is 16.0. The minimum absolute atomic E-state index is 0.203. The Morgan fingerprint density at radius 2 is 2.07 bits per heavy atom. The summed E-state index contributed by atoms with van der Waals surface area (Å²) in [6, 6.07) is 13.8. The first-order chi connectivity index (χ1) is 14.3. The number of piperidine rings is 1. The van der Waals surface area contributed by atoms with Crippen LogP contribution in [0.15, 0.2) is 65.8 Å². The highest BCUT2D eigenvalue weighted by molar-refractivity contribution is 5.89. The van der Waals surface area contributed by atoms with Gasteiger partial charge in [-0.15, -0.1) is 5.10 Å². The maximum absolute atomic E-state index is 12.7. The first-order valence-electron chi connectivity index (χ1n) is 9.92. The van der Waals surface area contributed by atoms with Gasteiger partial charge in [-0.25, -0.2) is 4.79 Å². The normalized spacial score (nSPS) is 17.6. The Labute approximate surface area is 168 Å². The number of nitrogens with zero attached hydrogens (tertiary/aromatic N) is 5. The minimum atomic E-state index is -0.203. The van der Waals surface area contributed by atoms with E-state index in [2.05, 4.69) is 31.0 Å². The maximum Gasteiger partial charge on any atom is 0.348 e. The van der Waals surface area contributed by atoms with E-state index in [1.54, 1.807) is 12.4 Å². The number of rotatable bonds is 4. The van der Waals surface area contributed by atoms with Crippen molar-refractivity contribution in [3.05, 3.63) is 83.1 Å². The van der Waals surface area contributed by atoms with E-state index in [4.69, 9.17) is 0 Å². The van der Waals surface area contributed by atoms with E-state index in [0.717, 1.165) is 60.5 Å². The van der Waals surface area contributed by atoms with Crippen LogP contribution in [0.2, 0.25) is 0 Å². The van der Waals surface area contributed by atoms with Gasteiger partial charge < -0.3 is 0 Å². The molecule has 1 fully saturated rings. The van der Waals surface area contributed by atoms with Gasteiger partial charge in [-0.3, -0.25) is 19.9 Å². The Kier molecular flexibility index (Phi) is 4.65. The summed E-state index contributed by atoms with van der Waals surface area (Å²) < 4.78 is 1.48. The molecule has 1 unspecified atom stereocenters. The third-order valence-corrected chi connectivity index (χ3v) is 5.52. The molecule has 0 radical (unpaired) electrons. The highest BCUT2D eigenvalue weighted by Crippen LogP contribution is 2.26. The number of H-pyrrole nitrogens is 1. The lowest BCUT2D eigenvalue weighted by molar-refractivity contribution is 0.194. The summed E-state index contributed by atoms with van der Waals surface area (Å²) in [6.45, 7) is 2.72. The summed E-state index contributed by atoms with van der Waals surface area (Å²) in [4.78, 5) is 26.7. The molecule has 146 valence electrons. The number of aromatic nitrogens is 5. The van der Waals surface area contributed by atoms with Gasteiger partial charge in [-0.1, -0.05) is 18.2 Å². The van der Waals surface area contributed by atoms with E-state index >= 15 is 0 Å². The third-order valence-electron chi connectivity index (χ3n) is 5.52. The second-order valence-electron chi connectivity index (χ2n) is 7.50. The van der Waals surface area contributed by atoms with Crippen LogP contribution in [0.4, 0.5) is 0 Å². The molecule has 1 N–H and O–H groups in total. The van der Waals surface area contributed by atoms with Crippen LogP contribution in [0.1, 0.15) is 30.3 Å². The Morgan fingerprint density at radius 3 is 2.97 bits per heavy atom. The molecule has 1 aromatic carbocycles. The highest BCUT2D eigenvalue weighted by Gasteiger charge is 2.25. The molecule has 0 saturated carbocycles. The van der Waals surface area contributed by atoms with Gasteiger partial charge in [0.05, 0.1) is 11.4 Å². The number of hydrogen-bond donors (Lipinski definition) is 1. The van der Waals surface area contributed by atoms with Crippen molar-refractivity contribution in [2.45, 2.75) is 25.3 Å². The Bertz CT molecular complexity index is 1180. The van der Waals surface area contributed by atoms with Gasteiger partial charge in [-0.2, -0.15) is 4.68 Å². The van der Waals surface area contributed by atoms with Crippen LogP contribution < -0.4 is 5.69 Å². The number of benzene rings is 1. The lowest BCUT2D eigenvalue weighted by atomic mass is 9.97. The van der Waals surface area contributed by atoms with Gasteiger partial charge in [0.15, 0.2) is 0 Å². The van der Waals surface area contributed by atoms with Crippen LogP contribution >= 0.6 is 0 Å². The fourth-order valence-electron chi connectivity index (χ4n) is 4.12. The minimum Gasteiger partial charge on any atom is -0.297 e. The zero-order valence-electron chi connectivity index (χ0n) is 16.0. The summed E-state index contributed by atoms with van der Waals surface area (Å²) in [6.07, 6.45) is 7.46. The van der Waals surface area contributed by atoms with Crippen molar-refractivity contribution in [3.8, 4) is 5.69 Å². The van der Waals surface area contributed by atoms with Gasteiger partial charge in [0, 0.05) is 48.4 Å². The molecular weight excluding hydrogens is 364 g/mol. The first kappa shape index (κ1) is 17.8. The number of likely N-dealkylation sites (tertiary alicyclic amines) is 1. The molecule has 1 saturated heterocycles. The van der Waals surface area contributed by atoms with E-state index < -0.39 is 0 Å². The second kappa shape index (κ2) is 7.60. The Hall–Kier alpha value is -3.32. The van der Waals surface area contributed by atoms with Gasteiger partial charge in [0.1, 0.15) is 5.82 Å². The maximum atomic E-state index is 12.7. The third kappa shape index (κ3) is 3.56. The molecule has 7 nitrogen and oxygen atoms in total. The van der Waals surface area contributed by atoms with Crippen molar-refractivity contribution in [2.75, 3.05) is 13.1 Å². The number of hydrogen-bond acceptors (Lipinski definition) is 5. The molecule has 1 aliphatic heterocycles. The van der Waals surface area contributed by atoms with Crippen LogP contribution in [0.3, 0.4) is 0 Å². The average Bonchev–Trinajstić information content (AvgIpc) is 3.16. The molecule has 4 aromatic rings. The number of aromatic amines is 1. The first-order valence-corrected chi connectivity index (χ1v) is 9.92. The zero-order chi connectivity index (χ0) is 19.6. The average molecular weight is 386 g/mol. The van der Waals surface area contributed by atoms with E-state index in [1.807, 2.05) is 42.6 Å². The highest BCUT2D eigenvalue weighted by atomic mass is 16.1. The quantitative estimate of drug-likeness (QED) is 0.583. The molecule has 7 heteroatoms. The standard InChI is InChI=1S/C22H22N6O/c29-22-25-21(17-6-4-12-27(14-17)15-18-7-1-2-10-24-18)26-28(22)20-8-3-5-16-13-23-11-9-19(16)20/h1-3,5,7-11,13,17H,4,6,12,14-15H2,(H,25,26,29). The lowest BCUT2D eigenvalue weighted by Crippen LogP contribution is -2.34. The molecule has 29 heavy (non-hydrogen) atoms. The second-order valence-corrected chi connectivity index (χ2v) is 7.50. The molecule has 0 spiro atoms. The molecule has 4 heterocycles. The molecule has 1 atom stereocenters. The van der Waals surface area contributed by atoms with E-state index in [9.17, 15) is 4.79 Å². The molecule has 0 amide bonds. The summed E-state index contributed by atoms with van der Waals surface area (Å²) in [5.74, 6) is 0.963. The number of pyridine rings is 2. The van der Waals surface area contributed by atoms with Crippen LogP contribution in [-0.4, -0.2) is 42.7 Å². The summed E-state index contributed by atoms with van der Waals surface area (Å²) >= 11 is 0. The summed E-state index contributed by atoms with van der Waals surface area (Å²) in [5.41, 5.74) is 1.64. The summed E-state index contributed by atoms with van der Waals surface area (Å²) in [7, 11) is 0. The van der Waals surface area contributed by atoms with E-state index in [0.29, 0.717) is 0 Å². The largest absolute Gasteiger partial charge is 0.348 e. The van der Waals surface area contributed by atoms with Crippen molar-refractivity contribution in [1.29, 1.82) is 0 Å². The number of fused-ring (bicyclic) bond motifs is 1. The fraction of sp³-hybridized carbons (Fsp3) is 0.273. The van der Waals surface area contributed by atoms with E-state index in [1.165, 1.54) is 4.68 Å².